The molecule has 1 saturated heterocycles. The summed E-state index contributed by atoms with van der Waals surface area (Å²) < 4.78 is 41.9. The molecule has 2 aromatic rings. The van der Waals surface area contributed by atoms with Gasteiger partial charge in [0.2, 0.25) is 5.82 Å². The van der Waals surface area contributed by atoms with Crippen LogP contribution < -0.4 is 5.32 Å². The van der Waals surface area contributed by atoms with Crippen LogP contribution in [0.2, 0.25) is 0 Å². The average Bonchev–Trinajstić information content (AvgIpc) is 3.11. The summed E-state index contributed by atoms with van der Waals surface area (Å²) in [5.74, 6) is -1.81. The Labute approximate surface area is 167 Å². The van der Waals surface area contributed by atoms with Crippen molar-refractivity contribution in [1.82, 2.24) is 20.4 Å². The van der Waals surface area contributed by atoms with Gasteiger partial charge in [-0.25, -0.2) is 0 Å². The van der Waals surface area contributed by atoms with Crippen LogP contribution in [0.1, 0.15) is 49.9 Å². The van der Waals surface area contributed by atoms with Gasteiger partial charge in [-0.15, -0.1) is 0 Å². The Morgan fingerprint density at radius 2 is 2.00 bits per heavy atom. The molecule has 0 radical (unpaired) electrons. The number of nitrogens with one attached hydrogen (secondary N) is 1. The second-order valence-electron chi connectivity index (χ2n) is 8.38. The van der Waals surface area contributed by atoms with Gasteiger partial charge in [0.05, 0.1) is 0 Å². The summed E-state index contributed by atoms with van der Waals surface area (Å²) in [6.07, 6.45) is -2.33. The molecule has 1 aliphatic heterocycles. The van der Waals surface area contributed by atoms with Crippen LogP contribution in [0.5, 0.6) is 0 Å². The standard InChI is InChI=1S/C20H25F3N4O2/c1-13(11-27-10-4-9-19(2,3)12-27)24-17(28)15-7-5-14(6-8-15)16-25-18(29-26-16)20(21,22)23/h5-8,13H,4,9-12H2,1-3H3,(H,24,28)/t13-/m1/s1. The molecule has 9 heteroatoms. The SMILES string of the molecule is C[C@H](CN1CCCC(C)(C)C1)NC(=O)c1ccc(-c2noc(C(F)(F)F)n2)cc1. The van der Waals surface area contributed by atoms with Crippen molar-refractivity contribution < 1.29 is 22.5 Å². The summed E-state index contributed by atoms with van der Waals surface area (Å²) in [5, 5.41) is 6.32. The molecule has 1 aromatic carbocycles. The molecule has 158 valence electrons. The molecular formula is C20H25F3N4O2. The van der Waals surface area contributed by atoms with E-state index in [4.69, 9.17) is 0 Å². The average molecular weight is 410 g/mol. The highest BCUT2D eigenvalue weighted by atomic mass is 19.4. The molecule has 1 atom stereocenters. The Kier molecular flexibility index (Phi) is 5.97. The van der Waals surface area contributed by atoms with E-state index in [1.807, 2.05) is 6.92 Å². The van der Waals surface area contributed by atoms with Crippen molar-refractivity contribution in [2.45, 2.75) is 45.8 Å². The minimum Gasteiger partial charge on any atom is -0.348 e. The van der Waals surface area contributed by atoms with Gasteiger partial charge in [-0.05, 0) is 43.9 Å². The molecule has 1 fully saturated rings. The number of alkyl halides is 3. The van der Waals surface area contributed by atoms with E-state index in [9.17, 15) is 18.0 Å². The smallest absolute Gasteiger partial charge is 0.348 e. The summed E-state index contributed by atoms with van der Waals surface area (Å²) in [6, 6.07) is 6.04. The third-order valence-corrected chi connectivity index (χ3v) is 4.96. The first-order valence-electron chi connectivity index (χ1n) is 9.58. The van der Waals surface area contributed by atoms with Gasteiger partial charge in [-0.3, -0.25) is 4.79 Å². The van der Waals surface area contributed by atoms with Crippen molar-refractivity contribution in [2.24, 2.45) is 5.41 Å². The molecular weight excluding hydrogens is 385 g/mol. The zero-order valence-electron chi connectivity index (χ0n) is 16.7. The van der Waals surface area contributed by atoms with E-state index in [1.165, 1.54) is 30.7 Å². The number of carbonyl (C=O) groups excluding carboxylic acids is 1. The number of amides is 1. The fraction of sp³-hybridized carbons (Fsp3) is 0.550. The maximum Gasteiger partial charge on any atom is 0.471 e. The van der Waals surface area contributed by atoms with Gasteiger partial charge in [0.15, 0.2) is 0 Å². The normalized spacial score (nSPS) is 18.4. The number of hydrogen-bond donors (Lipinski definition) is 1. The number of carbonyl (C=O) groups is 1. The lowest BCUT2D eigenvalue weighted by Gasteiger charge is -2.39. The largest absolute Gasteiger partial charge is 0.471 e. The second kappa shape index (κ2) is 8.14. The van der Waals surface area contributed by atoms with Gasteiger partial charge in [0.25, 0.3) is 5.91 Å². The van der Waals surface area contributed by atoms with E-state index in [1.54, 1.807) is 0 Å². The highest BCUT2D eigenvalue weighted by Crippen LogP contribution is 2.30. The summed E-state index contributed by atoms with van der Waals surface area (Å²) in [7, 11) is 0. The quantitative estimate of drug-likeness (QED) is 0.807. The number of halogens is 3. The zero-order chi connectivity index (χ0) is 21.2. The predicted molar refractivity (Wildman–Crippen MR) is 101 cm³/mol. The zero-order valence-corrected chi connectivity index (χ0v) is 16.7. The first-order chi connectivity index (χ1) is 13.5. The fourth-order valence-electron chi connectivity index (χ4n) is 3.67. The fourth-order valence-corrected chi connectivity index (χ4v) is 3.67. The minimum atomic E-state index is -4.69. The number of aromatic nitrogens is 2. The van der Waals surface area contributed by atoms with Crippen molar-refractivity contribution >= 4 is 5.91 Å². The maximum atomic E-state index is 12.6. The third-order valence-electron chi connectivity index (χ3n) is 4.96. The predicted octanol–water partition coefficient (Wildman–Crippen LogP) is 4.00. The highest BCUT2D eigenvalue weighted by molar-refractivity contribution is 5.94. The van der Waals surface area contributed by atoms with Gasteiger partial charge in [-0.2, -0.15) is 18.2 Å². The molecule has 1 aromatic heterocycles. The van der Waals surface area contributed by atoms with Crippen molar-refractivity contribution in [3.05, 3.63) is 35.7 Å². The van der Waals surface area contributed by atoms with Gasteiger partial charge >= 0.3 is 12.1 Å². The molecule has 0 aliphatic carbocycles. The molecule has 29 heavy (non-hydrogen) atoms. The topological polar surface area (TPSA) is 71.3 Å². The van der Waals surface area contributed by atoms with Crippen LogP contribution in [-0.4, -0.2) is 46.6 Å². The second-order valence-corrected chi connectivity index (χ2v) is 8.38. The van der Waals surface area contributed by atoms with E-state index in [-0.39, 0.29) is 17.8 Å². The Hall–Kier alpha value is -2.42. The molecule has 2 heterocycles. The molecule has 1 amide bonds. The molecule has 0 spiro atoms. The van der Waals surface area contributed by atoms with Crippen LogP contribution >= 0.6 is 0 Å². The molecule has 1 N–H and O–H groups in total. The maximum absolute atomic E-state index is 12.6. The lowest BCUT2D eigenvalue weighted by atomic mass is 9.84. The van der Waals surface area contributed by atoms with Crippen LogP contribution in [0.4, 0.5) is 13.2 Å². The Morgan fingerprint density at radius 1 is 1.31 bits per heavy atom. The Balaban J connectivity index is 1.58. The molecule has 0 unspecified atom stereocenters. The van der Waals surface area contributed by atoms with Gasteiger partial charge in [0, 0.05) is 30.3 Å². The summed E-state index contributed by atoms with van der Waals surface area (Å²) in [5.41, 5.74) is 1.04. The van der Waals surface area contributed by atoms with E-state index in [2.05, 4.69) is 38.7 Å². The number of hydrogen-bond acceptors (Lipinski definition) is 5. The van der Waals surface area contributed by atoms with E-state index < -0.39 is 12.1 Å². The number of nitrogens with zero attached hydrogens (tertiary/aromatic N) is 3. The van der Waals surface area contributed by atoms with E-state index in [0.717, 1.165) is 26.1 Å². The monoisotopic (exact) mass is 410 g/mol. The number of likely N-dealkylation sites (tertiary alicyclic amines) is 1. The van der Waals surface area contributed by atoms with E-state index in [0.29, 0.717) is 16.5 Å². The van der Waals surface area contributed by atoms with Gasteiger partial charge in [0.1, 0.15) is 0 Å². The van der Waals surface area contributed by atoms with Gasteiger partial charge < -0.3 is 14.7 Å². The van der Waals surface area contributed by atoms with Crippen molar-refractivity contribution in [3.63, 3.8) is 0 Å². The van der Waals surface area contributed by atoms with Crippen molar-refractivity contribution in [3.8, 4) is 11.4 Å². The summed E-state index contributed by atoms with van der Waals surface area (Å²) in [6.45, 7) is 9.29. The van der Waals surface area contributed by atoms with Crippen LogP contribution in [-0.2, 0) is 6.18 Å². The number of benzene rings is 1. The van der Waals surface area contributed by atoms with Gasteiger partial charge in [-0.1, -0.05) is 31.1 Å². The van der Waals surface area contributed by atoms with E-state index >= 15 is 0 Å². The molecule has 0 saturated carbocycles. The number of piperidine rings is 1. The molecule has 6 nitrogen and oxygen atoms in total. The Bertz CT molecular complexity index is 846. The lowest BCUT2D eigenvalue weighted by molar-refractivity contribution is -0.159. The van der Waals surface area contributed by atoms with Crippen LogP contribution in [0.25, 0.3) is 11.4 Å². The molecule has 3 rings (SSSR count). The third kappa shape index (κ3) is 5.56. The first-order valence-corrected chi connectivity index (χ1v) is 9.58. The molecule has 1 aliphatic rings. The Morgan fingerprint density at radius 3 is 2.59 bits per heavy atom. The van der Waals surface area contributed by atoms with Crippen molar-refractivity contribution in [2.75, 3.05) is 19.6 Å². The van der Waals surface area contributed by atoms with Crippen molar-refractivity contribution in [1.29, 1.82) is 0 Å². The number of rotatable bonds is 5. The van der Waals surface area contributed by atoms with Crippen LogP contribution in [0.3, 0.4) is 0 Å². The first kappa shape index (κ1) is 21.3. The minimum absolute atomic E-state index is 0.0253. The van der Waals surface area contributed by atoms with Crippen LogP contribution in [0, 0.1) is 5.41 Å². The highest BCUT2D eigenvalue weighted by Gasteiger charge is 2.38. The summed E-state index contributed by atoms with van der Waals surface area (Å²) in [4.78, 5) is 18.2. The van der Waals surface area contributed by atoms with Crippen LogP contribution in [0.15, 0.2) is 28.8 Å². The lowest BCUT2D eigenvalue weighted by Crippen LogP contribution is -2.47. The molecule has 0 bridgehead atoms. The summed E-state index contributed by atoms with van der Waals surface area (Å²) >= 11 is 0.